The van der Waals surface area contributed by atoms with Crippen molar-refractivity contribution in [2.45, 2.75) is 12.8 Å². The van der Waals surface area contributed by atoms with Gasteiger partial charge in [-0.05, 0) is 12.8 Å². The Balaban J connectivity index is 1.96. The van der Waals surface area contributed by atoms with Crippen LogP contribution in [0.2, 0.25) is 0 Å². The number of rotatable bonds is 7. The maximum absolute atomic E-state index is 11.2. The molecule has 16 heavy (non-hydrogen) atoms. The third-order valence-electron chi connectivity index (χ3n) is 2.00. The van der Waals surface area contributed by atoms with Crippen molar-refractivity contribution in [1.82, 2.24) is 15.8 Å². The van der Waals surface area contributed by atoms with Gasteiger partial charge in [0, 0.05) is 25.8 Å². The fourth-order valence-corrected chi connectivity index (χ4v) is 1.17. The highest BCUT2D eigenvalue weighted by atomic mass is 16.5. The van der Waals surface area contributed by atoms with E-state index >= 15 is 0 Å². The van der Waals surface area contributed by atoms with Gasteiger partial charge in [0.05, 0.1) is 12.8 Å². The van der Waals surface area contributed by atoms with Crippen LogP contribution in [0.3, 0.4) is 0 Å². The summed E-state index contributed by atoms with van der Waals surface area (Å²) in [5.74, 6) is 0. The molecule has 1 heterocycles. The molecule has 0 spiro atoms. The van der Waals surface area contributed by atoms with Crippen LogP contribution >= 0.6 is 0 Å². The monoisotopic (exact) mass is 227 g/mol. The van der Waals surface area contributed by atoms with Gasteiger partial charge in [-0.1, -0.05) is 5.16 Å². The molecule has 0 saturated carbocycles. The number of hydrogen-bond acceptors (Lipinski definition) is 4. The predicted octanol–water partition coefficient (Wildman–Crippen LogP) is 0.553. The first-order chi connectivity index (χ1) is 7.83. The van der Waals surface area contributed by atoms with Crippen LogP contribution in [0.15, 0.2) is 17.0 Å². The molecule has 6 nitrogen and oxygen atoms in total. The highest BCUT2D eigenvalue weighted by Gasteiger charge is 1.99. The summed E-state index contributed by atoms with van der Waals surface area (Å²) in [5.41, 5.74) is 1.04. The molecule has 90 valence electrons. The van der Waals surface area contributed by atoms with E-state index in [0.29, 0.717) is 19.7 Å². The molecule has 0 radical (unpaired) electrons. The van der Waals surface area contributed by atoms with E-state index in [1.807, 2.05) is 0 Å². The SMILES string of the molecule is COCCNC(=O)NCCCc1cnoc1. The van der Waals surface area contributed by atoms with Crippen molar-refractivity contribution in [3.05, 3.63) is 18.0 Å². The maximum Gasteiger partial charge on any atom is 0.314 e. The first-order valence-electron chi connectivity index (χ1n) is 5.22. The van der Waals surface area contributed by atoms with Crippen molar-refractivity contribution in [2.24, 2.45) is 0 Å². The van der Waals surface area contributed by atoms with Gasteiger partial charge in [0.1, 0.15) is 6.26 Å². The average Bonchev–Trinajstić information content (AvgIpc) is 2.78. The lowest BCUT2D eigenvalue weighted by molar-refractivity contribution is 0.196. The molecule has 0 aliphatic heterocycles. The van der Waals surface area contributed by atoms with E-state index in [2.05, 4.69) is 15.8 Å². The molecule has 0 atom stereocenters. The molecule has 0 unspecified atom stereocenters. The van der Waals surface area contributed by atoms with Gasteiger partial charge in [-0.2, -0.15) is 0 Å². The highest BCUT2D eigenvalue weighted by molar-refractivity contribution is 5.73. The summed E-state index contributed by atoms with van der Waals surface area (Å²) >= 11 is 0. The summed E-state index contributed by atoms with van der Waals surface area (Å²) in [6, 6.07) is -0.164. The van der Waals surface area contributed by atoms with Crippen LogP contribution < -0.4 is 10.6 Å². The van der Waals surface area contributed by atoms with E-state index in [1.54, 1.807) is 19.6 Å². The van der Waals surface area contributed by atoms with E-state index < -0.39 is 0 Å². The number of aromatic nitrogens is 1. The lowest BCUT2D eigenvalue weighted by Crippen LogP contribution is -2.37. The van der Waals surface area contributed by atoms with Crippen LogP contribution in [0.1, 0.15) is 12.0 Å². The summed E-state index contributed by atoms with van der Waals surface area (Å²) in [6.07, 6.45) is 5.00. The zero-order chi connectivity index (χ0) is 11.6. The van der Waals surface area contributed by atoms with Crippen molar-refractivity contribution < 1.29 is 14.1 Å². The number of methoxy groups -OCH3 is 1. The van der Waals surface area contributed by atoms with Crippen LogP contribution in [0.4, 0.5) is 4.79 Å². The summed E-state index contributed by atoms with van der Waals surface area (Å²) in [7, 11) is 1.60. The Kier molecular flexibility index (Phi) is 6.02. The number of carbonyl (C=O) groups excluding carboxylic acids is 1. The fraction of sp³-hybridized carbons (Fsp3) is 0.600. The zero-order valence-corrected chi connectivity index (χ0v) is 9.36. The molecule has 1 aromatic rings. The van der Waals surface area contributed by atoms with Crippen LogP contribution in [0, 0.1) is 0 Å². The first-order valence-corrected chi connectivity index (χ1v) is 5.22. The van der Waals surface area contributed by atoms with Gasteiger partial charge in [-0.15, -0.1) is 0 Å². The van der Waals surface area contributed by atoms with Crippen LogP contribution in [0.5, 0.6) is 0 Å². The summed E-state index contributed by atoms with van der Waals surface area (Å²) < 4.78 is 9.50. The van der Waals surface area contributed by atoms with Crippen LogP contribution in [-0.2, 0) is 11.2 Å². The Morgan fingerprint density at radius 3 is 3.00 bits per heavy atom. The van der Waals surface area contributed by atoms with Crippen LogP contribution in [0.25, 0.3) is 0 Å². The van der Waals surface area contributed by atoms with E-state index in [9.17, 15) is 4.79 Å². The van der Waals surface area contributed by atoms with Gasteiger partial charge in [-0.25, -0.2) is 4.79 Å². The molecule has 0 saturated heterocycles. The van der Waals surface area contributed by atoms with Crippen molar-refractivity contribution in [2.75, 3.05) is 26.8 Å². The van der Waals surface area contributed by atoms with E-state index in [0.717, 1.165) is 18.4 Å². The Morgan fingerprint density at radius 1 is 1.50 bits per heavy atom. The van der Waals surface area contributed by atoms with Gasteiger partial charge >= 0.3 is 6.03 Å². The molecule has 2 amide bonds. The molecular formula is C10H17N3O3. The standard InChI is InChI=1S/C10H17N3O3/c1-15-6-5-12-10(14)11-4-2-3-9-7-13-16-8-9/h7-8H,2-6H2,1H3,(H2,11,12,14). The van der Waals surface area contributed by atoms with Gasteiger partial charge in [0.2, 0.25) is 0 Å². The first kappa shape index (κ1) is 12.5. The van der Waals surface area contributed by atoms with E-state index in [-0.39, 0.29) is 6.03 Å². The van der Waals surface area contributed by atoms with Crippen molar-refractivity contribution >= 4 is 6.03 Å². The zero-order valence-electron chi connectivity index (χ0n) is 9.36. The molecule has 2 N–H and O–H groups in total. The molecule has 0 aliphatic rings. The van der Waals surface area contributed by atoms with Gasteiger partial charge in [-0.3, -0.25) is 0 Å². The molecule has 6 heteroatoms. The molecule has 1 aromatic heterocycles. The molecule has 0 aromatic carbocycles. The summed E-state index contributed by atoms with van der Waals surface area (Å²) in [6.45, 7) is 1.67. The second-order valence-corrected chi connectivity index (χ2v) is 3.31. The largest absolute Gasteiger partial charge is 0.383 e. The third kappa shape index (κ3) is 5.35. The molecular weight excluding hydrogens is 210 g/mol. The summed E-state index contributed by atoms with van der Waals surface area (Å²) in [4.78, 5) is 11.2. The van der Waals surface area contributed by atoms with Crippen molar-refractivity contribution in [3.8, 4) is 0 Å². The Morgan fingerprint density at radius 2 is 2.31 bits per heavy atom. The number of nitrogens with zero attached hydrogens (tertiary/aromatic N) is 1. The van der Waals surface area contributed by atoms with Gasteiger partial charge < -0.3 is 19.9 Å². The van der Waals surface area contributed by atoms with E-state index in [4.69, 9.17) is 9.26 Å². The number of hydrogen-bond donors (Lipinski definition) is 2. The topological polar surface area (TPSA) is 76.4 Å². The molecule has 0 bridgehead atoms. The quantitative estimate of drug-likeness (QED) is 0.667. The third-order valence-corrected chi connectivity index (χ3v) is 2.00. The van der Waals surface area contributed by atoms with Gasteiger partial charge in [0.25, 0.3) is 0 Å². The Hall–Kier alpha value is -1.56. The fourth-order valence-electron chi connectivity index (χ4n) is 1.17. The number of nitrogens with one attached hydrogen (secondary N) is 2. The van der Waals surface area contributed by atoms with E-state index in [1.165, 1.54) is 0 Å². The maximum atomic E-state index is 11.2. The second-order valence-electron chi connectivity index (χ2n) is 3.31. The van der Waals surface area contributed by atoms with Crippen LogP contribution in [-0.4, -0.2) is 38.0 Å². The number of aryl methyl sites for hydroxylation is 1. The van der Waals surface area contributed by atoms with Crippen molar-refractivity contribution in [3.63, 3.8) is 0 Å². The Labute approximate surface area is 94.3 Å². The normalized spacial score (nSPS) is 10.1. The minimum absolute atomic E-state index is 0.164. The molecule has 0 aliphatic carbocycles. The molecule has 0 fully saturated rings. The van der Waals surface area contributed by atoms with Gasteiger partial charge in [0.15, 0.2) is 0 Å². The Bertz CT molecular complexity index is 288. The smallest absolute Gasteiger partial charge is 0.314 e. The average molecular weight is 227 g/mol. The number of carbonyl (C=O) groups is 1. The molecule has 1 rings (SSSR count). The lowest BCUT2D eigenvalue weighted by atomic mass is 10.2. The second kappa shape index (κ2) is 7.70. The minimum atomic E-state index is -0.164. The lowest BCUT2D eigenvalue weighted by Gasteiger charge is -2.06. The minimum Gasteiger partial charge on any atom is -0.383 e. The predicted molar refractivity (Wildman–Crippen MR) is 58.1 cm³/mol. The highest BCUT2D eigenvalue weighted by Crippen LogP contribution is 1.99. The van der Waals surface area contributed by atoms with Crippen molar-refractivity contribution in [1.29, 1.82) is 0 Å². The number of ether oxygens (including phenoxy) is 1. The summed E-state index contributed by atoms with van der Waals surface area (Å²) in [5, 5.41) is 9.02. The number of urea groups is 1. The number of amides is 2.